The molecule has 1 aromatic heterocycles. The van der Waals surface area contributed by atoms with E-state index in [0.717, 1.165) is 35.9 Å². The van der Waals surface area contributed by atoms with Gasteiger partial charge in [-0.15, -0.1) is 0 Å². The number of methoxy groups -OCH3 is 2. The van der Waals surface area contributed by atoms with Crippen molar-refractivity contribution in [1.29, 1.82) is 0 Å². The summed E-state index contributed by atoms with van der Waals surface area (Å²) in [5.74, 6) is -3.06. The van der Waals surface area contributed by atoms with Gasteiger partial charge in [-0.2, -0.15) is 0 Å². The molecule has 0 bridgehead atoms. The molecule has 4 aromatic rings. The Kier molecular flexibility index (Phi) is 8.66. The van der Waals surface area contributed by atoms with Crippen molar-refractivity contribution in [3.8, 4) is 23.0 Å². The number of hydrogen-bond donors (Lipinski definition) is 1. The Morgan fingerprint density at radius 1 is 0.978 bits per heavy atom. The van der Waals surface area contributed by atoms with E-state index >= 15 is 4.39 Å². The van der Waals surface area contributed by atoms with Crippen molar-refractivity contribution >= 4 is 40.1 Å². The van der Waals surface area contributed by atoms with E-state index in [4.69, 9.17) is 18.9 Å². The summed E-state index contributed by atoms with van der Waals surface area (Å²) in [5.41, 5.74) is 0.737. The van der Waals surface area contributed by atoms with Gasteiger partial charge in [-0.1, -0.05) is 0 Å². The second kappa shape index (κ2) is 13.0. The molecule has 4 amide bonds. The summed E-state index contributed by atoms with van der Waals surface area (Å²) in [6.45, 7) is 0.535. The number of anilines is 2. The van der Waals surface area contributed by atoms with Gasteiger partial charge in [-0.25, -0.2) is 18.5 Å². The first kappa shape index (κ1) is 30.7. The van der Waals surface area contributed by atoms with E-state index in [9.17, 15) is 18.8 Å². The third-order valence-electron chi connectivity index (χ3n) is 7.86. The number of carbonyl (C=O) groups is 3. The highest BCUT2D eigenvalue weighted by Crippen LogP contribution is 2.38. The zero-order valence-corrected chi connectivity index (χ0v) is 25.0. The van der Waals surface area contributed by atoms with Crippen molar-refractivity contribution in [2.45, 2.75) is 18.9 Å². The van der Waals surface area contributed by atoms with Gasteiger partial charge in [-0.3, -0.25) is 14.6 Å². The molecule has 13 heteroatoms. The predicted molar refractivity (Wildman–Crippen MR) is 163 cm³/mol. The van der Waals surface area contributed by atoms with E-state index in [0.29, 0.717) is 34.8 Å². The molecule has 3 aromatic carbocycles. The van der Waals surface area contributed by atoms with Crippen LogP contribution in [0.3, 0.4) is 0 Å². The number of imide groups is 1. The second-order valence-corrected chi connectivity index (χ2v) is 10.8. The van der Waals surface area contributed by atoms with Crippen LogP contribution in [0.4, 0.5) is 25.0 Å². The van der Waals surface area contributed by atoms with Gasteiger partial charge in [0, 0.05) is 49.1 Å². The minimum absolute atomic E-state index is 0.0737. The van der Waals surface area contributed by atoms with Gasteiger partial charge in [0.15, 0.2) is 23.1 Å². The molecule has 6 rings (SSSR count). The standard InChI is InChI=1S/C33H30F2N4O7/c1-43-29-15-23-26(16-30(29)44-2)36-12-11-27(23)46-28-10-7-20(14-25(28)35)37-31(40)24-18-38(17-22-4-3-13-45-22)33(42)39(32(24)41)21-8-5-19(34)6-9-21/h5-12,14-16,22,24H,3-4,13,17-18H2,1-2H3,(H,37,40). The van der Waals surface area contributed by atoms with E-state index in [1.165, 1.54) is 49.6 Å². The van der Waals surface area contributed by atoms with Crippen LogP contribution < -0.4 is 24.4 Å². The lowest BCUT2D eigenvalue weighted by molar-refractivity contribution is -0.132. The van der Waals surface area contributed by atoms with Gasteiger partial charge >= 0.3 is 6.03 Å². The molecule has 11 nitrogen and oxygen atoms in total. The minimum Gasteiger partial charge on any atom is -0.493 e. The van der Waals surface area contributed by atoms with E-state index in [1.807, 2.05) is 0 Å². The molecule has 0 radical (unpaired) electrons. The Balaban J connectivity index is 1.22. The molecular formula is C33H30F2N4O7. The molecule has 3 heterocycles. The van der Waals surface area contributed by atoms with Crippen LogP contribution >= 0.6 is 0 Å². The first-order valence-electron chi connectivity index (χ1n) is 14.5. The quantitative estimate of drug-likeness (QED) is 0.240. The summed E-state index contributed by atoms with van der Waals surface area (Å²) in [5, 5.41) is 3.15. The number of ether oxygens (including phenoxy) is 4. The average molecular weight is 633 g/mol. The fraction of sp³-hybridized carbons (Fsp3) is 0.273. The monoisotopic (exact) mass is 632 g/mol. The summed E-state index contributed by atoms with van der Waals surface area (Å²) in [7, 11) is 3.00. The molecule has 2 aliphatic heterocycles. The van der Waals surface area contributed by atoms with Gasteiger partial charge in [0.1, 0.15) is 17.5 Å². The third kappa shape index (κ3) is 6.13. The van der Waals surface area contributed by atoms with E-state index in [1.54, 1.807) is 18.2 Å². The Morgan fingerprint density at radius 2 is 1.74 bits per heavy atom. The van der Waals surface area contributed by atoms with Crippen molar-refractivity contribution in [2.75, 3.05) is 44.1 Å². The molecule has 238 valence electrons. The lowest BCUT2D eigenvalue weighted by atomic mass is 10.0. The van der Waals surface area contributed by atoms with Crippen molar-refractivity contribution in [3.63, 3.8) is 0 Å². The largest absolute Gasteiger partial charge is 0.493 e. The average Bonchev–Trinajstić information content (AvgIpc) is 3.57. The van der Waals surface area contributed by atoms with Crippen LogP contribution in [0.25, 0.3) is 10.9 Å². The van der Waals surface area contributed by atoms with Crippen molar-refractivity contribution in [3.05, 3.63) is 78.5 Å². The number of nitrogens with zero attached hydrogens (tertiary/aromatic N) is 3. The molecule has 2 saturated heterocycles. The highest BCUT2D eigenvalue weighted by Gasteiger charge is 2.44. The molecule has 0 saturated carbocycles. The number of hydrogen-bond acceptors (Lipinski definition) is 8. The van der Waals surface area contributed by atoms with Gasteiger partial charge in [0.2, 0.25) is 11.8 Å². The third-order valence-corrected chi connectivity index (χ3v) is 7.86. The van der Waals surface area contributed by atoms with Gasteiger partial charge in [0.25, 0.3) is 0 Å². The van der Waals surface area contributed by atoms with Crippen LogP contribution in [-0.2, 0) is 14.3 Å². The summed E-state index contributed by atoms with van der Waals surface area (Å²) in [6, 6.07) is 13.0. The fourth-order valence-corrected chi connectivity index (χ4v) is 5.52. The number of halogens is 2. The lowest BCUT2D eigenvalue weighted by Crippen LogP contribution is -2.60. The van der Waals surface area contributed by atoms with Crippen LogP contribution in [0, 0.1) is 17.6 Å². The Morgan fingerprint density at radius 3 is 2.43 bits per heavy atom. The van der Waals surface area contributed by atoms with Crippen molar-refractivity contribution in [1.82, 2.24) is 9.88 Å². The molecule has 0 aliphatic carbocycles. The van der Waals surface area contributed by atoms with Crippen LogP contribution in [0.2, 0.25) is 0 Å². The number of benzene rings is 3. The first-order valence-corrected chi connectivity index (χ1v) is 14.5. The van der Waals surface area contributed by atoms with Gasteiger partial charge in [-0.05, 0) is 61.4 Å². The number of aromatic nitrogens is 1. The number of amides is 4. The normalized spacial score (nSPS) is 18.2. The maximum atomic E-state index is 15.3. The number of urea groups is 1. The van der Waals surface area contributed by atoms with Crippen molar-refractivity contribution in [2.24, 2.45) is 5.92 Å². The van der Waals surface area contributed by atoms with Crippen LogP contribution in [-0.4, -0.2) is 67.7 Å². The number of pyridine rings is 1. The second-order valence-electron chi connectivity index (χ2n) is 10.8. The fourth-order valence-electron chi connectivity index (χ4n) is 5.52. The Hall–Kier alpha value is -5.30. The molecule has 2 aliphatic rings. The highest BCUT2D eigenvalue weighted by atomic mass is 19.1. The molecule has 0 spiro atoms. The Labute approximate surface area is 262 Å². The summed E-state index contributed by atoms with van der Waals surface area (Å²) in [6.07, 6.45) is 2.84. The van der Waals surface area contributed by atoms with Crippen LogP contribution in [0.1, 0.15) is 12.8 Å². The molecule has 1 N–H and O–H groups in total. The van der Waals surface area contributed by atoms with Crippen LogP contribution in [0.15, 0.2) is 66.9 Å². The molecule has 2 fully saturated rings. The zero-order valence-electron chi connectivity index (χ0n) is 25.0. The van der Waals surface area contributed by atoms with Crippen molar-refractivity contribution < 1.29 is 42.1 Å². The SMILES string of the molecule is COc1cc2nccc(Oc3ccc(NC(=O)C4CN(CC5CCCO5)C(=O)N(c5ccc(F)cc5)C4=O)cc3F)c2cc1OC. The molecular weight excluding hydrogens is 602 g/mol. The zero-order chi connectivity index (χ0) is 32.4. The maximum absolute atomic E-state index is 15.3. The number of fused-ring (bicyclic) bond motifs is 1. The maximum Gasteiger partial charge on any atom is 0.331 e. The van der Waals surface area contributed by atoms with E-state index in [-0.39, 0.29) is 36.3 Å². The number of carbonyl (C=O) groups excluding carboxylic acids is 3. The smallest absolute Gasteiger partial charge is 0.331 e. The summed E-state index contributed by atoms with van der Waals surface area (Å²) in [4.78, 5) is 47.0. The summed E-state index contributed by atoms with van der Waals surface area (Å²) >= 11 is 0. The first-order chi connectivity index (χ1) is 22.2. The van der Waals surface area contributed by atoms with E-state index in [2.05, 4.69) is 10.3 Å². The van der Waals surface area contributed by atoms with Gasteiger partial charge in [0.05, 0.1) is 31.5 Å². The molecule has 2 atom stereocenters. The highest BCUT2D eigenvalue weighted by molar-refractivity contribution is 6.23. The number of rotatable bonds is 9. The van der Waals surface area contributed by atoms with Crippen LogP contribution in [0.5, 0.6) is 23.0 Å². The summed E-state index contributed by atoms with van der Waals surface area (Å²) < 4.78 is 51.2. The molecule has 2 unspecified atom stereocenters. The minimum atomic E-state index is -1.32. The van der Waals surface area contributed by atoms with Gasteiger partial charge < -0.3 is 29.2 Å². The number of nitrogens with one attached hydrogen (secondary N) is 1. The predicted octanol–water partition coefficient (Wildman–Crippen LogP) is 5.53. The molecule has 46 heavy (non-hydrogen) atoms. The topological polar surface area (TPSA) is 120 Å². The lowest BCUT2D eigenvalue weighted by Gasteiger charge is -2.38. The Bertz CT molecular complexity index is 1800. The van der Waals surface area contributed by atoms with E-state index < -0.39 is 35.4 Å².